The van der Waals surface area contributed by atoms with Crippen LogP contribution in [0.3, 0.4) is 0 Å². The zero-order valence-corrected chi connectivity index (χ0v) is 8.74. The lowest BCUT2D eigenvalue weighted by molar-refractivity contribution is 0.446. The van der Waals surface area contributed by atoms with E-state index in [4.69, 9.17) is 0 Å². The van der Waals surface area contributed by atoms with Gasteiger partial charge < -0.3 is 0 Å². The summed E-state index contributed by atoms with van der Waals surface area (Å²) in [6.45, 7) is 2.35. The smallest absolute Gasteiger partial charge is 0.0340 e. The Morgan fingerprint density at radius 3 is 2.79 bits per heavy atom. The highest BCUT2D eigenvalue weighted by molar-refractivity contribution is 5.51. The van der Waals surface area contributed by atoms with Gasteiger partial charge in [-0.25, -0.2) is 0 Å². The number of hydrogen-bond donors (Lipinski definition) is 0. The molecule has 0 N–H and O–H groups in total. The number of allylic oxidation sites excluding steroid dienone is 1. The van der Waals surface area contributed by atoms with Gasteiger partial charge in [-0.1, -0.05) is 24.6 Å². The summed E-state index contributed by atoms with van der Waals surface area (Å²) < 4.78 is 0. The second-order valence-electron chi connectivity index (χ2n) is 4.27. The molecule has 1 aliphatic rings. The fraction of sp³-hybridized carbons (Fsp3) is 0.462. The molecule has 14 heavy (non-hydrogen) atoms. The van der Waals surface area contributed by atoms with Gasteiger partial charge in [-0.15, -0.1) is 0 Å². The molecule has 0 radical (unpaired) electrons. The van der Waals surface area contributed by atoms with Gasteiger partial charge in [-0.05, 0) is 43.2 Å². The molecule has 1 heterocycles. The van der Waals surface area contributed by atoms with Crippen LogP contribution in [0.25, 0.3) is 6.08 Å². The third-order valence-electron chi connectivity index (χ3n) is 2.97. The molecule has 74 valence electrons. The van der Waals surface area contributed by atoms with Gasteiger partial charge in [0.05, 0.1) is 0 Å². The minimum atomic E-state index is 0.918. The Morgan fingerprint density at radius 1 is 1.36 bits per heavy atom. The lowest BCUT2D eigenvalue weighted by Crippen LogP contribution is -2.03. The Hall–Kier alpha value is -1.11. The molecule has 0 unspecified atom stereocenters. The van der Waals surface area contributed by atoms with Crippen molar-refractivity contribution in [1.82, 2.24) is 4.98 Å². The summed E-state index contributed by atoms with van der Waals surface area (Å²) in [7, 11) is 0. The monoisotopic (exact) mass is 187 g/mol. The van der Waals surface area contributed by atoms with E-state index in [9.17, 15) is 0 Å². The molecule has 0 aliphatic heterocycles. The summed E-state index contributed by atoms with van der Waals surface area (Å²) in [5, 5.41) is 0. The topological polar surface area (TPSA) is 12.9 Å². The van der Waals surface area contributed by atoms with Gasteiger partial charge >= 0.3 is 0 Å². The van der Waals surface area contributed by atoms with Crippen molar-refractivity contribution in [2.45, 2.75) is 32.6 Å². The number of hydrogen-bond acceptors (Lipinski definition) is 1. The zero-order chi connectivity index (χ0) is 9.80. The van der Waals surface area contributed by atoms with E-state index in [0.717, 1.165) is 5.92 Å². The fourth-order valence-electron chi connectivity index (χ4n) is 1.97. The number of aromatic nitrogens is 1. The maximum absolute atomic E-state index is 4.12. The van der Waals surface area contributed by atoms with Crippen LogP contribution >= 0.6 is 0 Å². The van der Waals surface area contributed by atoms with Crippen LogP contribution in [0.5, 0.6) is 0 Å². The molecule has 0 saturated heterocycles. The molecular weight excluding hydrogens is 170 g/mol. The maximum Gasteiger partial charge on any atom is 0.0340 e. The standard InChI is InChI=1S/C13H17N/c1-11-4-6-12(7-5-11)9-13-3-2-8-14-10-13/h2-3,8-11H,4-7H2,1H3. The number of pyridine rings is 1. The normalized spacial score (nSPS) is 22.1. The Bertz CT molecular complexity index is 303. The minimum Gasteiger partial charge on any atom is -0.264 e. The van der Waals surface area contributed by atoms with Gasteiger partial charge in [-0.2, -0.15) is 0 Å². The SMILES string of the molecule is CC1CCC(=Cc2cccnc2)CC1. The second-order valence-corrected chi connectivity index (χ2v) is 4.27. The van der Waals surface area contributed by atoms with Crippen LogP contribution in [0.15, 0.2) is 30.1 Å². The van der Waals surface area contributed by atoms with Crippen LogP contribution < -0.4 is 0 Å². The first-order valence-corrected chi connectivity index (χ1v) is 5.44. The van der Waals surface area contributed by atoms with E-state index in [1.807, 2.05) is 18.5 Å². The summed E-state index contributed by atoms with van der Waals surface area (Å²) in [6.07, 6.45) is 11.3. The largest absolute Gasteiger partial charge is 0.264 e. The highest BCUT2D eigenvalue weighted by Crippen LogP contribution is 2.28. The van der Waals surface area contributed by atoms with E-state index in [1.165, 1.54) is 31.2 Å². The quantitative estimate of drug-likeness (QED) is 0.653. The minimum absolute atomic E-state index is 0.918. The number of nitrogens with zero attached hydrogens (tertiary/aromatic N) is 1. The van der Waals surface area contributed by atoms with Gasteiger partial charge in [0.25, 0.3) is 0 Å². The van der Waals surface area contributed by atoms with E-state index in [1.54, 1.807) is 5.57 Å². The van der Waals surface area contributed by atoms with Crippen molar-refractivity contribution in [2.75, 3.05) is 0 Å². The Labute approximate surface area is 85.9 Å². The molecule has 1 fully saturated rings. The maximum atomic E-state index is 4.12. The first kappa shape index (κ1) is 9.45. The highest BCUT2D eigenvalue weighted by Gasteiger charge is 2.11. The summed E-state index contributed by atoms with van der Waals surface area (Å²) in [6, 6.07) is 4.12. The average Bonchev–Trinajstić information content (AvgIpc) is 2.23. The van der Waals surface area contributed by atoms with Gasteiger partial charge in [0.15, 0.2) is 0 Å². The van der Waals surface area contributed by atoms with Crippen LogP contribution in [0.1, 0.15) is 38.2 Å². The molecule has 0 atom stereocenters. The lowest BCUT2D eigenvalue weighted by Gasteiger charge is -2.19. The summed E-state index contributed by atoms with van der Waals surface area (Å²) >= 11 is 0. The van der Waals surface area contributed by atoms with Crippen molar-refractivity contribution in [2.24, 2.45) is 5.92 Å². The lowest BCUT2D eigenvalue weighted by atomic mass is 9.86. The van der Waals surface area contributed by atoms with E-state index < -0.39 is 0 Å². The molecule has 0 aromatic carbocycles. The summed E-state index contributed by atoms with van der Waals surface area (Å²) in [5.41, 5.74) is 2.84. The molecule has 0 bridgehead atoms. The molecule has 1 aromatic heterocycles. The van der Waals surface area contributed by atoms with Crippen LogP contribution in [0.4, 0.5) is 0 Å². The second kappa shape index (κ2) is 4.41. The van der Waals surface area contributed by atoms with Crippen LogP contribution in [0.2, 0.25) is 0 Å². The Morgan fingerprint density at radius 2 is 2.14 bits per heavy atom. The van der Waals surface area contributed by atoms with Crippen LogP contribution in [-0.4, -0.2) is 4.98 Å². The fourth-order valence-corrected chi connectivity index (χ4v) is 1.97. The molecule has 1 saturated carbocycles. The van der Waals surface area contributed by atoms with Crippen molar-refractivity contribution in [1.29, 1.82) is 0 Å². The van der Waals surface area contributed by atoms with Crippen LogP contribution in [-0.2, 0) is 0 Å². The molecular formula is C13H17N. The molecule has 1 aliphatic carbocycles. The third-order valence-corrected chi connectivity index (χ3v) is 2.97. The van der Waals surface area contributed by atoms with Crippen molar-refractivity contribution >= 4 is 6.08 Å². The van der Waals surface area contributed by atoms with Gasteiger partial charge in [0.1, 0.15) is 0 Å². The van der Waals surface area contributed by atoms with E-state index >= 15 is 0 Å². The third kappa shape index (κ3) is 2.44. The van der Waals surface area contributed by atoms with Crippen molar-refractivity contribution in [3.8, 4) is 0 Å². The first-order valence-electron chi connectivity index (χ1n) is 5.44. The molecule has 1 heteroatoms. The van der Waals surface area contributed by atoms with Crippen molar-refractivity contribution in [3.63, 3.8) is 0 Å². The predicted octanol–water partition coefficient (Wildman–Crippen LogP) is 3.68. The predicted molar refractivity (Wildman–Crippen MR) is 59.8 cm³/mol. The van der Waals surface area contributed by atoms with E-state index in [2.05, 4.69) is 24.1 Å². The molecule has 0 spiro atoms. The average molecular weight is 187 g/mol. The molecule has 0 amide bonds. The van der Waals surface area contributed by atoms with Crippen molar-refractivity contribution in [3.05, 3.63) is 35.7 Å². The summed E-state index contributed by atoms with van der Waals surface area (Å²) in [5.74, 6) is 0.918. The van der Waals surface area contributed by atoms with E-state index in [-0.39, 0.29) is 0 Å². The highest BCUT2D eigenvalue weighted by atomic mass is 14.6. The Kier molecular flexibility index (Phi) is 2.97. The first-order chi connectivity index (χ1) is 6.84. The zero-order valence-electron chi connectivity index (χ0n) is 8.74. The molecule has 1 aromatic rings. The number of rotatable bonds is 1. The Balaban J connectivity index is 2.05. The van der Waals surface area contributed by atoms with Gasteiger partial charge in [-0.3, -0.25) is 4.98 Å². The molecule has 1 nitrogen and oxygen atoms in total. The van der Waals surface area contributed by atoms with Crippen LogP contribution in [0, 0.1) is 5.92 Å². The van der Waals surface area contributed by atoms with Gasteiger partial charge in [0, 0.05) is 12.4 Å². The van der Waals surface area contributed by atoms with Gasteiger partial charge in [0.2, 0.25) is 0 Å². The van der Waals surface area contributed by atoms with E-state index in [0.29, 0.717) is 0 Å². The van der Waals surface area contributed by atoms with Crippen molar-refractivity contribution < 1.29 is 0 Å². The summed E-state index contributed by atoms with van der Waals surface area (Å²) in [4.78, 5) is 4.12. The molecule has 2 rings (SSSR count).